The second-order valence-corrected chi connectivity index (χ2v) is 7.53. The van der Waals surface area contributed by atoms with E-state index in [2.05, 4.69) is 25.9 Å². The van der Waals surface area contributed by atoms with Crippen molar-refractivity contribution in [1.29, 1.82) is 0 Å². The summed E-state index contributed by atoms with van der Waals surface area (Å²) in [6.07, 6.45) is 2.20. The zero-order valence-corrected chi connectivity index (χ0v) is 19.1. The Morgan fingerprint density at radius 3 is 2.26 bits per heavy atom. The number of hydrogen-bond acceptors (Lipinski definition) is 6. The van der Waals surface area contributed by atoms with Crippen LogP contribution in [-0.4, -0.2) is 36.8 Å². The van der Waals surface area contributed by atoms with Crippen molar-refractivity contribution in [1.82, 2.24) is 9.97 Å². The summed E-state index contributed by atoms with van der Waals surface area (Å²) in [6, 6.07) is 13.5. The van der Waals surface area contributed by atoms with E-state index in [9.17, 15) is 13.6 Å². The Morgan fingerprint density at radius 2 is 1.54 bits per heavy atom. The molecule has 0 bridgehead atoms. The van der Waals surface area contributed by atoms with Crippen LogP contribution in [0, 0.1) is 11.6 Å². The van der Waals surface area contributed by atoms with Crippen molar-refractivity contribution >= 4 is 34.1 Å². The molecule has 3 aromatic carbocycles. The van der Waals surface area contributed by atoms with Crippen LogP contribution in [0.3, 0.4) is 0 Å². The standard InChI is InChI=1S/C25H23F2N5O3/c1-34-22-12-18-21(13-23(22)35-2)29-14-30-24(18)28-10-9-15-3-5-16(6-4-15)31-25(33)32-17-7-8-19(26)20(27)11-17/h3-8,11-14H,9-10H2,1-2H3,(H,28,29,30)(H2,31,32,33). The molecule has 0 atom stereocenters. The quantitative estimate of drug-likeness (QED) is 0.320. The molecule has 0 aliphatic rings. The Labute approximate surface area is 200 Å². The van der Waals surface area contributed by atoms with Gasteiger partial charge >= 0.3 is 6.03 Å². The van der Waals surface area contributed by atoms with Crippen LogP contribution in [0.25, 0.3) is 10.9 Å². The fourth-order valence-corrected chi connectivity index (χ4v) is 3.47. The summed E-state index contributed by atoms with van der Waals surface area (Å²) in [5.41, 5.74) is 2.49. The molecule has 0 aliphatic heterocycles. The summed E-state index contributed by atoms with van der Waals surface area (Å²) in [4.78, 5) is 20.7. The van der Waals surface area contributed by atoms with Crippen molar-refractivity contribution in [3.05, 3.63) is 78.1 Å². The summed E-state index contributed by atoms with van der Waals surface area (Å²) >= 11 is 0. The summed E-state index contributed by atoms with van der Waals surface area (Å²) in [6.45, 7) is 0.615. The Morgan fingerprint density at radius 1 is 0.857 bits per heavy atom. The number of benzene rings is 3. The SMILES string of the molecule is COc1cc2ncnc(NCCc3ccc(NC(=O)Nc4ccc(F)c(F)c4)cc3)c2cc1OC. The highest BCUT2D eigenvalue weighted by Gasteiger charge is 2.11. The van der Waals surface area contributed by atoms with Crippen molar-refractivity contribution in [2.24, 2.45) is 0 Å². The first kappa shape index (κ1) is 23.7. The molecule has 3 N–H and O–H groups in total. The van der Waals surface area contributed by atoms with Crippen LogP contribution in [-0.2, 0) is 6.42 Å². The number of nitrogens with one attached hydrogen (secondary N) is 3. The lowest BCUT2D eigenvalue weighted by Gasteiger charge is -2.12. The fourth-order valence-electron chi connectivity index (χ4n) is 3.47. The number of anilines is 3. The van der Waals surface area contributed by atoms with Crippen LogP contribution < -0.4 is 25.4 Å². The minimum absolute atomic E-state index is 0.150. The number of halogens is 2. The number of amides is 2. The molecule has 4 rings (SSSR count). The van der Waals surface area contributed by atoms with E-state index in [-0.39, 0.29) is 5.69 Å². The highest BCUT2D eigenvalue weighted by atomic mass is 19.2. The molecule has 0 fully saturated rings. The second kappa shape index (κ2) is 10.6. The van der Waals surface area contributed by atoms with Gasteiger partial charge in [-0.05, 0) is 42.3 Å². The lowest BCUT2D eigenvalue weighted by atomic mass is 10.1. The van der Waals surface area contributed by atoms with E-state index in [0.29, 0.717) is 36.0 Å². The van der Waals surface area contributed by atoms with Crippen molar-refractivity contribution < 1.29 is 23.0 Å². The van der Waals surface area contributed by atoms with E-state index < -0.39 is 17.7 Å². The zero-order valence-electron chi connectivity index (χ0n) is 19.1. The molecular formula is C25H23F2N5O3. The first-order valence-electron chi connectivity index (χ1n) is 10.7. The number of hydrogen-bond donors (Lipinski definition) is 3. The molecule has 1 aromatic heterocycles. The minimum atomic E-state index is -1.03. The number of fused-ring (bicyclic) bond motifs is 1. The first-order valence-corrected chi connectivity index (χ1v) is 10.7. The van der Waals surface area contributed by atoms with Crippen LogP contribution in [0.5, 0.6) is 11.5 Å². The maximum Gasteiger partial charge on any atom is 0.323 e. The van der Waals surface area contributed by atoms with Crippen LogP contribution >= 0.6 is 0 Å². The molecule has 2 amide bonds. The van der Waals surface area contributed by atoms with Crippen LogP contribution in [0.2, 0.25) is 0 Å². The average Bonchev–Trinajstić information content (AvgIpc) is 2.86. The van der Waals surface area contributed by atoms with E-state index >= 15 is 0 Å². The van der Waals surface area contributed by atoms with Crippen molar-refractivity contribution in [2.75, 3.05) is 36.7 Å². The molecule has 0 radical (unpaired) electrons. The Balaban J connectivity index is 1.33. The highest BCUT2D eigenvalue weighted by molar-refractivity contribution is 5.99. The molecule has 4 aromatic rings. The van der Waals surface area contributed by atoms with Gasteiger partial charge in [0.05, 0.1) is 19.7 Å². The molecule has 0 spiro atoms. The Kier molecular flexibility index (Phi) is 7.20. The van der Waals surface area contributed by atoms with E-state index in [1.165, 1.54) is 12.4 Å². The number of nitrogens with zero attached hydrogens (tertiary/aromatic N) is 2. The molecule has 35 heavy (non-hydrogen) atoms. The van der Waals surface area contributed by atoms with Gasteiger partial charge in [-0.15, -0.1) is 0 Å². The summed E-state index contributed by atoms with van der Waals surface area (Å²) in [5.74, 6) is -0.141. The third-order valence-electron chi connectivity index (χ3n) is 5.24. The Hall–Kier alpha value is -4.47. The average molecular weight is 479 g/mol. The van der Waals surface area contributed by atoms with Gasteiger partial charge in [-0.3, -0.25) is 0 Å². The Bertz CT molecular complexity index is 1350. The largest absolute Gasteiger partial charge is 0.493 e. The molecule has 180 valence electrons. The summed E-state index contributed by atoms with van der Waals surface area (Å²) in [7, 11) is 3.15. The smallest absolute Gasteiger partial charge is 0.323 e. The van der Waals surface area contributed by atoms with Crippen molar-refractivity contribution in [3.8, 4) is 11.5 Å². The highest BCUT2D eigenvalue weighted by Crippen LogP contribution is 2.33. The minimum Gasteiger partial charge on any atom is -0.493 e. The number of carbonyl (C=O) groups excluding carboxylic acids is 1. The zero-order chi connectivity index (χ0) is 24.8. The maximum absolute atomic E-state index is 13.3. The van der Waals surface area contributed by atoms with Gasteiger partial charge in [0.2, 0.25) is 0 Å². The number of ether oxygens (including phenoxy) is 2. The monoisotopic (exact) mass is 479 g/mol. The van der Waals surface area contributed by atoms with E-state index in [4.69, 9.17) is 9.47 Å². The van der Waals surface area contributed by atoms with Crippen LogP contribution in [0.15, 0.2) is 60.9 Å². The molecule has 0 saturated carbocycles. The van der Waals surface area contributed by atoms with Gasteiger partial charge in [0.1, 0.15) is 12.1 Å². The molecular weight excluding hydrogens is 456 g/mol. The molecule has 8 nitrogen and oxygen atoms in total. The van der Waals surface area contributed by atoms with E-state index in [1.54, 1.807) is 32.4 Å². The predicted molar refractivity (Wildman–Crippen MR) is 130 cm³/mol. The number of urea groups is 1. The fraction of sp³-hybridized carbons (Fsp3) is 0.160. The number of methoxy groups -OCH3 is 2. The van der Waals surface area contributed by atoms with Gasteiger partial charge in [-0.1, -0.05) is 12.1 Å². The second-order valence-electron chi connectivity index (χ2n) is 7.53. The van der Waals surface area contributed by atoms with E-state index in [1.807, 2.05) is 18.2 Å². The van der Waals surface area contributed by atoms with Gasteiger partial charge in [0.25, 0.3) is 0 Å². The topological polar surface area (TPSA) is 97.4 Å². The molecule has 0 unspecified atom stereocenters. The predicted octanol–water partition coefficient (Wildman–Crippen LogP) is 5.22. The number of aromatic nitrogens is 2. The lowest BCUT2D eigenvalue weighted by molar-refractivity contribution is 0.262. The number of carbonyl (C=O) groups is 1. The molecule has 0 aliphatic carbocycles. The van der Waals surface area contributed by atoms with Gasteiger partial charge in [-0.25, -0.2) is 23.5 Å². The van der Waals surface area contributed by atoms with Crippen molar-refractivity contribution in [3.63, 3.8) is 0 Å². The summed E-state index contributed by atoms with van der Waals surface area (Å²) < 4.78 is 37.0. The lowest BCUT2D eigenvalue weighted by Crippen LogP contribution is -2.19. The van der Waals surface area contributed by atoms with E-state index in [0.717, 1.165) is 28.6 Å². The third kappa shape index (κ3) is 5.72. The summed E-state index contributed by atoms with van der Waals surface area (Å²) in [5, 5.41) is 9.25. The first-order chi connectivity index (χ1) is 17.0. The molecule has 10 heteroatoms. The normalized spacial score (nSPS) is 10.6. The maximum atomic E-state index is 13.3. The van der Waals surface area contributed by atoms with Crippen LogP contribution in [0.1, 0.15) is 5.56 Å². The van der Waals surface area contributed by atoms with Crippen molar-refractivity contribution in [2.45, 2.75) is 6.42 Å². The third-order valence-corrected chi connectivity index (χ3v) is 5.24. The molecule has 1 heterocycles. The van der Waals surface area contributed by atoms with Gasteiger partial charge in [-0.2, -0.15) is 0 Å². The number of rotatable bonds is 8. The molecule has 0 saturated heterocycles. The van der Waals surface area contributed by atoms with Crippen LogP contribution in [0.4, 0.5) is 30.8 Å². The van der Waals surface area contributed by atoms with Gasteiger partial charge in [0, 0.05) is 35.4 Å². The van der Waals surface area contributed by atoms with Gasteiger partial charge < -0.3 is 25.4 Å². The van der Waals surface area contributed by atoms with Gasteiger partial charge in [0.15, 0.2) is 23.1 Å².